The molecule has 0 spiro atoms. The lowest BCUT2D eigenvalue weighted by Gasteiger charge is -2.34. The Kier molecular flexibility index (Phi) is 6.93. The third-order valence-corrected chi connectivity index (χ3v) is 4.52. The summed E-state index contributed by atoms with van der Waals surface area (Å²) in [5.41, 5.74) is 0. The van der Waals surface area contributed by atoms with Gasteiger partial charge in [0.05, 0.1) is 6.33 Å². The van der Waals surface area contributed by atoms with Crippen molar-refractivity contribution >= 4 is 5.96 Å². The van der Waals surface area contributed by atoms with Gasteiger partial charge in [-0.3, -0.25) is 4.99 Å². The lowest BCUT2D eigenvalue weighted by atomic mass is 10.1. The van der Waals surface area contributed by atoms with Crippen molar-refractivity contribution in [1.29, 1.82) is 0 Å². The van der Waals surface area contributed by atoms with Crippen LogP contribution in [0.4, 0.5) is 0 Å². The first kappa shape index (κ1) is 18.3. The first-order valence-corrected chi connectivity index (χ1v) is 9.56. The predicted molar refractivity (Wildman–Crippen MR) is 104 cm³/mol. The van der Waals surface area contributed by atoms with Gasteiger partial charge in [0.2, 0.25) is 0 Å². The fraction of sp³-hybridized carbons (Fsp3) is 0.500. The van der Waals surface area contributed by atoms with E-state index < -0.39 is 0 Å². The van der Waals surface area contributed by atoms with Crippen LogP contribution in [0.1, 0.15) is 26.2 Å². The topological polar surface area (TPSA) is 54.7 Å². The Morgan fingerprint density at radius 3 is 2.77 bits per heavy atom. The third kappa shape index (κ3) is 5.51. The van der Waals surface area contributed by atoms with E-state index in [0.717, 1.165) is 63.7 Å². The zero-order chi connectivity index (χ0) is 18.0. The number of likely N-dealkylation sites (tertiary alicyclic amines) is 1. The highest BCUT2D eigenvalue weighted by atomic mass is 16.5. The van der Waals surface area contributed by atoms with E-state index in [2.05, 4.69) is 26.7 Å². The smallest absolute Gasteiger partial charge is 0.193 e. The van der Waals surface area contributed by atoms with Crippen LogP contribution in [0, 0.1) is 0 Å². The van der Waals surface area contributed by atoms with E-state index in [1.165, 1.54) is 0 Å². The highest BCUT2D eigenvalue weighted by Gasteiger charge is 2.22. The molecule has 0 aliphatic carbocycles. The van der Waals surface area contributed by atoms with Crippen LogP contribution in [0.15, 0.2) is 54.0 Å². The Labute approximate surface area is 155 Å². The zero-order valence-corrected chi connectivity index (χ0v) is 15.6. The number of benzene rings is 1. The van der Waals surface area contributed by atoms with Crippen LogP contribution in [-0.4, -0.2) is 52.7 Å². The van der Waals surface area contributed by atoms with E-state index >= 15 is 0 Å². The first-order chi connectivity index (χ1) is 12.8. The highest BCUT2D eigenvalue weighted by molar-refractivity contribution is 5.80. The van der Waals surface area contributed by atoms with Crippen LogP contribution in [-0.2, 0) is 6.54 Å². The summed E-state index contributed by atoms with van der Waals surface area (Å²) < 4.78 is 8.18. The molecule has 1 aliphatic heterocycles. The number of nitrogens with one attached hydrogen (secondary N) is 1. The fourth-order valence-electron chi connectivity index (χ4n) is 3.16. The lowest BCUT2D eigenvalue weighted by molar-refractivity contribution is 0.129. The van der Waals surface area contributed by atoms with Gasteiger partial charge in [0.1, 0.15) is 11.9 Å². The summed E-state index contributed by atoms with van der Waals surface area (Å²) >= 11 is 0. The number of hydrogen-bond donors (Lipinski definition) is 1. The molecular formula is C20H29N5O. The predicted octanol–water partition coefficient (Wildman–Crippen LogP) is 2.78. The van der Waals surface area contributed by atoms with Gasteiger partial charge in [-0.15, -0.1) is 0 Å². The number of piperidine rings is 1. The Bertz CT molecular complexity index is 648. The van der Waals surface area contributed by atoms with Crippen LogP contribution < -0.4 is 10.1 Å². The van der Waals surface area contributed by atoms with Crippen molar-refractivity contribution in [2.45, 2.75) is 38.8 Å². The number of para-hydroxylation sites is 1. The van der Waals surface area contributed by atoms with E-state index in [0.29, 0.717) is 0 Å². The maximum absolute atomic E-state index is 6.09. The molecule has 2 heterocycles. The standard InChI is InChI=1S/C20H29N5O/c1-2-22-20(23-11-6-13-24-16-12-21-17-24)25-14-9-19(10-15-25)26-18-7-4-3-5-8-18/h3-5,7-8,12,16-17,19H,2,6,9-11,13-15H2,1H3,(H,22,23). The van der Waals surface area contributed by atoms with Gasteiger partial charge in [0, 0.05) is 58.0 Å². The lowest BCUT2D eigenvalue weighted by Crippen LogP contribution is -2.47. The monoisotopic (exact) mass is 355 g/mol. The molecular weight excluding hydrogens is 326 g/mol. The third-order valence-electron chi connectivity index (χ3n) is 4.52. The van der Waals surface area contributed by atoms with Crippen LogP contribution in [0.2, 0.25) is 0 Å². The Morgan fingerprint density at radius 1 is 1.27 bits per heavy atom. The molecule has 140 valence electrons. The number of aromatic nitrogens is 2. The van der Waals surface area contributed by atoms with Gasteiger partial charge in [0.25, 0.3) is 0 Å². The molecule has 0 unspecified atom stereocenters. The summed E-state index contributed by atoms with van der Waals surface area (Å²) in [6.07, 6.45) is 9.01. The first-order valence-electron chi connectivity index (χ1n) is 9.56. The van der Waals surface area contributed by atoms with Gasteiger partial charge in [-0.1, -0.05) is 18.2 Å². The number of rotatable bonds is 7. The van der Waals surface area contributed by atoms with Gasteiger partial charge in [0.15, 0.2) is 5.96 Å². The van der Waals surface area contributed by atoms with Crippen molar-refractivity contribution < 1.29 is 4.74 Å². The summed E-state index contributed by atoms with van der Waals surface area (Å²) in [6, 6.07) is 10.1. The van der Waals surface area contributed by atoms with E-state index in [9.17, 15) is 0 Å². The molecule has 1 saturated heterocycles. The summed E-state index contributed by atoms with van der Waals surface area (Å²) in [4.78, 5) is 11.2. The number of imidazole rings is 1. The normalized spacial score (nSPS) is 15.9. The van der Waals surface area contributed by atoms with Crippen molar-refractivity contribution in [1.82, 2.24) is 19.8 Å². The van der Waals surface area contributed by atoms with Gasteiger partial charge in [-0.25, -0.2) is 4.98 Å². The largest absolute Gasteiger partial charge is 0.490 e. The van der Waals surface area contributed by atoms with Gasteiger partial charge < -0.3 is 19.5 Å². The van der Waals surface area contributed by atoms with Gasteiger partial charge in [-0.2, -0.15) is 0 Å². The van der Waals surface area contributed by atoms with Crippen molar-refractivity contribution in [2.75, 3.05) is 26.2 Å². The van der Waals surface area contributed by atoms with E-state index in [-0.39, 0.29) is 6.10 Å². The number of nitrogens with zero attached hydrogens (tertiary/aromatic N) is 4. The molecule has 0 saturated carbocycles. The number of hydrogen-bond acceptors (Lipinski definition) is 3. The van der Waals surface area contributed by atoms with E-state index in [1.807, 2.05) is 49.1 Å². The Hall–Kier alpha value is -2.50. The van der Waals surface area contributed by atoms with E-state index in [1.54, 1.807) is 0 Å². The number of ether oxygens (including phenoxy) is 1. The molecule has 1 N–H and O–H groups in total. The molecule has 0 bridgehead atoms. The molecule has 0 amide bonds. The minimum atomic E-state index is 0.290. The van der Waals surface area contributed by atoms with Crippen molar-refractivity contribution in [3.8, 4) is 5.75 Å². The molecule has 0 radical (unpaired) electrons. The van der Waals surface area contributed by atoms with Crippen LogP contribution in [0.3, 0.4) is 0 Å². The second-order valence-electron chi connectivity index (χ2n) is 6.51. The minimum absolute atomic E-state index is 0.290. The average molecular weight is 355 g/mol. The summed E-state index contributed by atoms with van der Waals surface area (Å²) in [7, 11) is 0. The Morgan fingerprint density at radius 2 is 2.08 bits per heavy atom. The number of guanidine groups is 1. The van der Waals surface area contributed by atoms with Gasteiger partial charge >= 0.3 is 0 Å². The maximum Gasteiger partial charge on any atom is 0.193 e. The molecule has 6 heteroatoms. The summed E-state index contributed by atoms with van der Waals surface area (Å²) in [5, 5.41) is 3.43. The second kappa shape index (κ2) is 9.85. The van der Waals surface area contributed by atoms with Crippen molar-refractivity contribution in [2.24, 2.45) is 4.99 Å². The molecule has 1 aromatic heterocycles. The van der Waals surface area contributed by atoms with E-state index in [4.69, 9.17) is 9.73 Å². The average Bonchev–Trinajstić information content (AvgIpc) is 3.19. The Balaban J connectivity index is 1.45. The van der Waals surface area contributed by atoms with Gasteiger partial charge in [-0.05, 0) is 25.5 Å². The summed E-state index contributed by atoms with van der Waals surface area (Å²) in [6.45, 7) is 6.74. The van der Waals surface area contributed by atoms with Crippen molar-refractivity contribution in [3.63, 3.8) is 0 Å². The number of aryl methyl sites for hydroxylation is 1. The van der Waals surface area contributed by atoms with Crippen LogP contribution in [0.5, 0.6) is 5.75 Å². The maximum atomic E-state index is 6.09. The SMILES string of the molecule is CCNC(=NCCCn1ccnc1)N1CCC(Oc2ccccc2)CC1. The molecule has 6 nitrogen and oxygen atoms in total. The van der Waals surface area contributed by atoms with Crippen LogP contribution in [0.25, 0.3) is 0 Å². The minimum Gasteiger partial charge on any atom is -0.490 e. The summed E-state index contributed by atoms with van der Waals surface area (Å²) in [5.74, 6) is 1.99. The highest BCUT2D eigenvalue weighted by Crippen LogP contribution is 2.18. The second-order valence-corrected chi connectivity index (χ2v) is 6.51. The molecule has 3 rings (SSSR count). The molecule has 1 aromatic carbocycles. The molecule has 0 atom stereocenters. The zero-order valence-electron chi connectivity index (χ0n) is 15.6. The fourth-order valence-corrected chi connectivity index (χ4v) is 3.16. The molecule has 2 aromatic rings. The molecule has 26 heavy (non-hydrogen) atoms. The molecule has 1 fully saturated rings. The molecule has 1 aliphatic rings. The van der Waals surface area contributed by atoms with Crippen LogP contribution >= 0.6 is 0 Å². The quantitative estimate of drug-likeness (QED) is 0.471. The van der Waals surface area contributed by atoms with Crippen molar-refractivity contribution in [3.05, 3.63) is 49.1 Å². The number of aliphatic imine (C=N–C) groups is 1.